The van der Waals surface area contributed by atoms with Crippen molar-refractivity contribution in [1.82, 2.24) is 9.97 Å². The van der Waals surface area contributed by atoms with Crippen LogP contribution in [0, 0.1) is 20.8 Å². The molecule has 3 heteroatoms. The lowest BCUT2D eigenvalue weighted by Crippen LogP contribution is -2.05. The predicted molar refractivity (Wildman–Crippen MR) is 75.0 cm³/mol. The van der Waals surface area contributed by atoms with E-state index in [1.165, 1.54) is 11.1 Å². The second kappa shape index (κ2) is 5.17. The van der Waals surface area contributed by atoms with Gasteiger partial charge < -0.3 is 5.32 Å². The number of hydrogen-bond donors (Lipinski definition) is 1. The molecule has 1 N–H and O–H groups in total. The third-order valence-corrected chi connectivity index (χ3v) is 3.12. The van der Waals surface area contributed by atoms with Gasteiger partial charge in [0.2, 0.25) is 0 Å². The van der Waals surface area contributed by atoms with E-state index >= 15 is 0 Å². The first-order valence-corrected chi connectivity index (χ1v) is 6.17. The summed E-state index contributed by atoms with van der Waals surface area (Å²) in [6, 6.07) is 8.47. The molecule has 0 saturated heterocycles. The van der Waals surface area contributed by atoms with Crippen molar-refractivity contribution in [2.75, 3.05) is 12.4 Å². The number of aromatic nitrogens is 2. The van der Waals surface area contributed by atoms with Crippen LogP contribution in [0.3, 0.4) is 0 Å². The van der Waals surface area contributed by atoms with Crippen molar-refractivity contribution in [3.8, 4) is 0 Å². The predicted octanol–water partition coefficient (Wildman–Crippen LogP) is 3.03. The van der Waals surface area contributed by atoms with Gasteiger partial charge in [0.15, 0.2) is 0 Å². The van der Waals surface area contributed by atoms with E-state index in [1.54, 1.807) is 0 Å². The van der Waals surface area contributed by atoms with E-state index < -0.39 is 0 Å². The molecule has 2 rings (SSSR count). The topological polar surface area (TPSA) is 37.8 Å². The van der Waals surface area contributed by atoms with Gasteiger partial charge in [-0.3, -0.25) is 0 Å². The summed E-state index contributed by atoms with van der Waals surface area (Å²) in [5.41, 5.74) is 4.67. The molecule has 0 spiro atoms. The van der Waals surface area contributed by atoms with Crippen LogP contribution in [-0.4, -0.2) is 17.0 Å². The third-order valence-electron chi connectivity index (χ3n) is 3.12. The highest BCUT2D eigenvalue weighted by Crippen LogP contribution is 2.16. The minimum atomic E-state index is 0.775. The average Bonchev–Trinajstić information content (AvgIpc) is 2.33. The molecule has 3 nitrogen and oxygen atoms in total. The Morgan fingerprint density at radius 2 is 1.89 bits per heavy atom. The van der Waals surface area contributed by atoms with Crippen LogP contribution in [-0.2, 0) is 6.42 Å². The van der Waals surface area contributed by atoms with Crippen LogP contribution in [0.2, 0.25) is 0 Å². The summed E-state index contributed by atoms with van der Waals surface area (Å²) in [6.07, 6.45) is 0.775. The number of rotatable bonds is 3. The Hall–Kier alpha value is -1.90. The Balaban J connectivity index is 2.32. The van der Waals surface area contributed by atoms with Gasteiger partial charge in [0, 0.05) is 24.7 Å². The zero-order valence-corrected chi connectivity index (χ0v) is 11.4. The molecule has 0 fully saturated rings. The van der Waals surface area contributed by atoms with Crippen molar-refractivity contribution >= 4 is 5.82 Å². The van der Waals surface area contributed by atoms with Gasteiger partial charge in [-0.2, -0.15) is 0 Å². The van der Waals surface area contributed by atoms with Crippen LogP contribution in [0.1, 0.15) is 28.2 Å². The summed E-state index contributed by atoms with van der Waals surface area (Å²) >= 11 is 0. The van der Waals surface area contributed by atoms with E-state index in [-0.39, 0.29) is 0 Å². The number of anilines is 1. The Kier molecular flexibility index (Phi) is 3.60. The van der Waals surface area contributed by atoms with Crippen molar-refractivity contribution in [3.05, 3.63) is 52.5 Å². The quantitative estimate of drug-likeness (QED) is 0.897. The van der Waals surface area contributed by atoms with Gasteiger partial charge in [0.25, 0.3) is 0 Å². The normalized spacial score (nSPS) is 10.4. The first kappa shape index (κ1) is 12.6. The highest BCUT2D eigenvalue weighted by molar-refractivity contribution is 5.45. The molecule has 0 saturated carbocycles. The summed E-state index contributed by atoms with van der Waals surface area (Å²) in [6.45, 7) is 6.17. The summed E-state index contributed by atoms with van der Waals surface area (Å²) in [7, 11) is 1.89. The fourth-order valence-electron chi connectivity index (χ4n) is 2.01. The number of nitrogens with one attached hydrogen (secondary N) is 1. The Morgan fingerprint density at radius 1 is 1.11 bits per heavy atom. The minimum absolute atomic E-state index is 0.775. The van der Waals surface area contributed by atoms with Gasteiger partial charge in [-0.15, -0.1) is 0 Å². The van der Waals surface area contributed by atoms with Crippen LogP contribution >= 0.6 is 0 Å². The van der Waals surface area contributed by atoms with Gasteiger partial charge in [0.05, 0.1) is 0 Å². The number of aryl methyl sites for hydroxylation is 2. The minimum Gasteiger partial charge on any atom is -0.373 e. The molecule has 2 aromatic rings. The lowest BCUT2D eigenvalue weighted by molar-refractivity contribution is 0.928. The van der Waals surface area contributed by atoms with Gasteiger partial charge in [-0.1, -0.05) is 29.8 Å². The first-order valence-electron chi connectivity index (χ1n) is 6.17. The SMILES string of the molecule is CNc1nc(Cc2cccc(C)c2)nc(C)c1C. The van der Waals surface area contributed by atoms with E-state index in [0.29, 0.717) is 0 Å². The maximum Gasteiger partial charge on any atom is 0.135 e. The standard InChI is InChI=1S/C15H19N3/c1-10-6-5-7-13(8-10)9-14-17-12(3)11(2)15(16-4)18-14/h5-8H,9H2,1-4H3,(H,16,17,18). The second-order valence-electron chi connectivity index (χ2n) is 4.61. The fourth-order valence-corrected chi connectivity index (χ4v) is 2.01. The molecule has 0 aliphatic carbocycles. The van der Waals surface area contributed by atoms with E-state index in [4.69, 9.17) is 0 Å². The fraction of sp³-hybridized carbons (Fsp3) is 0.333. The molecule has 0 amide bonds. The molecule has 0 bridgehead atoms. The molecule has 0 aliphatic rings. The monoisotopic (exact) mass is 241 g/mol. The number of hydrogen-bond acceptors (Lipinski definition) is 3. The van der Waals surface area contributed by atoms with E-state index in [0.717, 1.165) is 29.3 Å². The summed E-state index contributed by atoms with van der Waals surface area (Å²) in [5.74, 6) is 1.79. The largest absolute Gasteiger partial charge is 0.373 e. The summed E-state index contributed by atoms with van der Waals surface area (Å²) < 4.78 is 0. The molecule has 0 aliphatic heterocycles. The van der Waals surface area contributed by atoms with Crippen LogP contribution < -0.4 is 5.32 Å². The van der Waals surface area contributed by atoms with Crippen LogP contribution in [0.25, 0.3) is 0 Å². The molecule has 1 aromatic heterocycles. The lowest BCUT2D eigenvalue weighted by atomic mass is 10.1. The van der Waals surface area contributed by atoms with Gasteiger partial charge >= 0.3 is 0 Å². The molecule has 94 valence electrons. The second-order valence-corrected chi connectivity index (χ2v) is 4.61. The number of nitrogens with zero attached hydrogens (tertiary/aromatic N) is 2. The number of benzene rings is 1. The molecular weight excluding hydrogens is 222 g/mol. The van der Waals surface area contributed by atoms with Crippen LogP contribution in [0.15, 0.2) is 24.3 Å². The maximum absolute atomic E-state index is 4.56. The van der Waals surface area contributed by atoms with Crippen molar-refractivity contribution in [2.24, 2.45) is 0 Å². The molecule has 1 heterocycles. The Morgan fingerprint density at radius 3 is 2.56 bits per heavy atom. The Bertz CT molecular complexity index is 562. The van der Waals surface area contributed by atoms with Crippen molar-refractivity contribution < 1.29 is 0 Å². The first-order chi connectivity index (χ1) is 8.60. The highest BCUT2D eigenvalue weighted by atomic mass is 15.0. The van der Waals surface area contributed by atoms with Crippen molar-refractivity contribution in [2.45, 2.75) is 27.2 Å². The van der Waals surface area contributed by atoms with Crippen molar-refractivity contribution in [3.63, 3.8) is 0 Å². The zero-order valence-electron chi connectivity index (χ0n) is 11.4. The van der Waals surface area contributed by atoms with E-state index in [9.17, 15) is 0 Å². The third kappa shape index (κ3) is 2.67. The molecule has 0 radical (unpaired) electrons. The van der Waals surface area contributed by atoms with Gasteiger partial charge in [-0.25, -0.2) is 9.97 Å². The lowest BCUT2D eigenvalue weighted by Gasteiger charge is -2.10. The highest BCUT2D eigenvalue weighted by Gasteiger charge is 2.07. The maximum atomic E-state index is 4.56. The summed E-state index contributed by atoms with van der Waals surface area (Å²) in [5, 5.41) is 3.12. The summed E-state index contributed by atoms with van der Waals surface area (Å²) in [4.78, 5) is 9.11. The Labute approximate surface area is 108 Å². The van der Waals surface area contributed by atoms with E-state index in [1.807, 2.05) is 20.9 Å². The molecule has 0 atom stereocenters. The smallest absolute Gasteiger partial charge is 0.135 e. The van der Waals surface area contributed by atoms with Gasteiger partial charge in [0.1, 0.15) is 11.6 Å². The molecular formula is C15H19N3. The van der Waals surface area contributed by atoms with Crippen LogP contribution in [0.5, 0.6) is 0 Å². The van der Waals surface area contributed by atoms with E-state index in [2.05, 4.69) is 46.5 Å². The van der Waals surface area contributed by atoms with Crippen LogP contribution in [0.4, 0.5) is 5.82 Å². The molecule has 1 aromatic carbocycles. The average molecular weight is 241 g/mol. The molecule has 0 unspecified atom stereocenters. The van der Waals surface area contributed by atoms with Crippen molar-refractivity contribution in [1.29, 1.82) is 0 Å². The zero-order chi connectivity index (χ0) is 13.1. The molecule has 18 heavy (non-hydrogen) atoms. The van der Waals surface area contributed by atoms with Gasteiger partial charge in [-0.05, 0) is 26.3 Å².